The van der Waals surface area contributed by atoms with Crippen molar-refractivity contribution in [3.63, 3.8) is 0 Å². The molecule has 0 saturated carbocycles. The Hall–Kier alpha value is -1.79. The number of nitro groups is 1. The van der Waals surface area contributed by atoms with Crippen LogP contribution in [0.4, 0.5) is 13.2 Å². The van der Waals surface area contributed by atoms with Crippen molar-refractivity contribution in [3.8, 4) is 5.75 Å². The molecule has 0 saturated heterocycles. The maximum Gasteiger partial charge on any atom is 0.402 e. The van der Waals surface area contributed by atoms with Crippen LogP contribution in [-0.4, -0.2) is 24.8 Å². The first-order valence-electron chi connectivity index (χ1n) is 4.67. The molecule has 0 aliphatic heterocycles. The van der Waals surface area contributed by atoms with Gasteiger partial charge in [-0.05, 0) is 17.7 Å². The van der Waals surface area contributed by atoms with Crippen molar-refractivity contribution in [1.82, 2.24) is 0 Å². The summed E-state index contributed by atoms with van der Waals surface area (Å²) in [6.45, 7) is -1.17. The van der Waals surface area contributed by atoms with Crippen LogP contribution in [0.3, 0.4) is 0 Å². The first-order valence-corrected chi connectivity index (χ1v) is 4.67. The van der Waals surface area contributed by atoms with Crippen LogP contribution in [0.15, 0.2) is 24.3 Å². The van der Waals surface area contributed by atoms with Gasteiger partial charge >= 0.3 is 6.18 Å². The van der Waals surface area contributed by atoms with Gasteiger partial charge in [-0.1, -0.05) is 12.1 Å². The second kappa shape index (κ2) is 5.03. The fraction of sp³-hybridized carbons (Fsp3) is 0.400. The fourth-order valence-corrected chi connectivity index (χ4v) is 1.38. The molecule has 1 aromatic carbocycles. The average Bonchev–Trinajstić information content (AvgIpc) is 2.24. The number of alkyl halides is 3. The normalized spacial score (nSPS) is 13.2. The Balaban J connectivity index is 3.00. The van der Waals surface area contributed by atoms with Gasteiger partial charge in [0.25, 0.3) is 0 Å². The van der Waals surface area contributed by atoms with Crippen LogP contribution in [0.2, 0.25) is 0 Å². The van der Waals surface area contributed by atoms with E-state index in [9.17, 15) is 23.3 Å². The zero-order valence-corrected chi connectivity index (χ0v) is 8.90. The Labute approximate surface area is 95.2 Å². The number of hydrogen-bond acceptors (Lipinski definition) is 3. The molecule has 0 amide bonds. The van der Waals surface area contributed by atoms with Gasteiger partial charge in [0.2, 0.25) is 6.54 Å². The van der Waals surface area contributed by atoms with Crippen LogP contribution in [0.5, 0.6) is 5.75 Å². The molecule has 0 N–H and O–H groups in total. The van der Waals surface area contributed by atoms with Gasteiger partial charge in [-0.2, -0.15) is 13.2 Å². The predicted molar refractivity (Wildman–Crippen MR) is 53.7 cm³/mol. The van der Waals surface area contributed by atoms with Crippen molar-refractivity contribution in [2.24, 2.45) is 0 Å². The summed E-state index contributed by atoms with van der Waals surface area (Å²) in [6, 6.07) is 5.04. The maximum atomic E-state index is 12.6. The van der Waals surface area contributed by atoms with Gasteiger partial charge in [-0.15, -0.1) is 0 Å². The quantitative estimate of drug-likeness (QED) is 0.608. The Morgan fingerprint density at radius 2 is 1.88 bits per heavy atom. The van der Waals surface area contributed by atoms with Crippen LogP contribution in [0, 0.1) is 10.1 Å². The summed E-state index contributed by atoms with van der Waals surface area (Å²) >= 11 is 0. The number of methoxy groups -OCH3 is 1. The van der Waals surface area contributed by atoms with E-state index in [0.717, 1.165) is 0 Å². The molecule has 7 heteroatoms. The summed E-state index contributed by atoms with van der Waals surface area (Å²) in [7, 11) is 1.38. The van der Waals surface area contributed by atoms with E-state index in [-0.39, 0.29) is 5.56 Å². The van der Waals surface area contributed by atoms with Gasteiger partial charge in [-0.3, -0.25) is 10.1 Å². The molecule has 0 aromatic heterocycles. The zero-order valence-electron chi connectivity index (χ0n) is 8.90. The van der Waals surface area contributed by atoms with E-state index < -0.39 is 23.6 Å². The lowest BCUT2D eigenvalue weighted by atomic mass is 9.98. The lowest BCUT2D eigenvalue weighted by Gasteiger charge is -2.17. The highest BCUT2D eigenvalue weighted by Gasteiger charge is 2.44. The van der Waals surface area contributed by atoms with Gasteiger partial charge in [0.15, 0.2) is 0 Å². The zero-order chi connectivity index (χ0) is 13.1. The molecular formula is C10H10F3NO3. The molecule has 4 nitrogen and oxygen atoms in total. The third-order valence-corrected chi connectivity index (χ3v) is 2.24. The summed E-state index contributed by atoms with van der Waals surface area (Å²) < 4.78 is 42.6. The smallest absolute Gasteiger partial charge is 0.402 e. The molecule has 94 valence electrons. The molecule has 1 rings (SSSR count). The van der Waals surface area contributed by atoms with Gasteiger partial charge in [-0.25, -0.2) is 0 Å². The second-order valence-corrected chi connectivity index (χ2v) is 3.38. The number of rotatable bonds is 4. The minimum atomic E-state index is -4.64. The standard InChI is InChI=1S/C10H10F3NO3/c1-17-8-4-2-7(3-5-8)9(6-14(15)16)10(11,12)13/h2-5,9H,6H2,1H3/t9-/m0/s1. The lowest BCUT2D eigenvalue weighted by Crippen LogP contribution is -2.27. The minimum Gasteiger partial charge on any atom is -0.497 e. The molecule has 0 aliphatic carbocycles. The largest absolute Gasteiger partial charge is 0.497 e. The van der Waals surface area contributed by atoms with E-state index in [2.05, 4.69) is 0 Å². The van der Waals surface area contributed by atoms with Crippen LogP contribution in [0.25, 0.3) is 0 Å². The van der Waals surface area contributed by atoms with Crippen molar-refractivity contribution >= 4 is 0 Å². The topological polar surface area (TPSA) is 52.4 Å². The van der Waals surface area contributed by atoms with E-state index in [1.54, 1.807) is 0 Å². The fourth-order valence-electron chi connectivity index (χ4n) is 1.38. The highest BCUT2D eigenvalue weighted by atomic mass is 19.4. The van der Waals surface area contributed by atoms with Crippen molar-refractivity contribution in [3.05, 3.63) is 39.9 Å². The highest BCUT2D eigenvalue weighted by molar-refractivity contribution is 5.30. The van der Waals surface area contributed by atoms with Crippen molar-refractivity contribution in [2.75, 3.05) is 13.7 Å². The van der Waals surface area contributed by atoms with Crippen molar-refractivity contribution in [1.29, 1.82) is 0 Å². The molecule has 0 radical (unpaired) electrons. The number of benzene rings is 1. The molecule has 1 aromatic rings. The Kier molecular flexibility index (Phi) is 3.93. The number of hydrogen-bond donors (Lipinski definition) is 0. The second-order valence-electron chi connectivity index (χ2n) is 3.38. The van der Waals surface area contributed by atoms with Gasteiger partial charge < -0.3 is 4.74 Å². The van der Waals surface area contributed by atoms with Crippen molar-refractivity contribution in [2.45, 2.75) is 12.1 Å². The SMILES string of the molecule is COc1ccc([C@H](C[N+](=O)[O-])C(F)(F)F)cc1. The third kappa shape index (κ3) is 3.61. The predicted octanol–water partition coefficient (Wildman–Crippen LogP) is 2.62. The number of nitrogens with zero attached hydrogens (tertiary/aromatic N) is 1. The molecule has 0 unspecified atom stereocenters. The summed E-state index contributed by atoms with van der Waals surface area (Å²) in [6.07, 6.45) is -4.64. The lowest BCUT2D eigenvalue weighted by molar-refractivity contribution is -0.490. The Morgan fingerprint density at radius 1 is 1.35 bits per heavy atom. The van der Waals surface area contributed by atoms with E-state index >= 15 is 0 Å². The van der Waals surface area contributed by atoms with Crippen molar-refractivity contribution < 1.29 is 22.8 Å². The Bertz CT molecular complexity index is 389. The third-order valence-electron chi connectivity index (χ3n) is 2.24. The van der Waals surface area contributed by atoms with E-state index in [0.29, 0.717) is 5.75 Å². The molecule has 0 aliphatic rings. The number of halogens is 3. The monoisotopic (exact) mass is 249 g/mol. The molecule has 0 fully saturated rings. The minimum absolute atomic E-state index is 0.144. The summed E-state index contributed by atoms with van der Waals surface area (Å²) in [5, 5.41) is 10.2. The summed E-state index contributed by atoms with van der Waals surface area (Å²) in [4.78, 5) is 9.26. The van der Waals surface area contributed by atoms with E-state index in [1.807, 2.05) is 0 Å². The first kappa shape index (κ1) is 13.3. The van der Waals surface area contributed by atoms with Crippen LogP contribution in [0.1, 0.15) is 11.5 Å². The highest BCUT2D eigenvalue weighted by Crippen LogP contribution is 2.35. The molecule has 0 heterocycles. The van der Waals surface area contributed by atoms with Crippen LogP contribution < -0.4 is 4.74 Å². The molecule has 0 bridgehead atoms. The Morgan fingerprint density at radius 3 is 2.24 bits per heavy atom. The van der Waals surface area contributed by atoms with Gasteiger partial charge in [0.1, 0.15) is 11.7 Å². The summed E-state index contributed by atoms with van der Waals surface area (Å²) in [5.41, 5.74) is -0.144. The number of ether oxygens (including phenoxy) is 1. The first-order chi connectivity index (χ1) is 7.84. The van der Waals surface area contributed by atoms with Gasteiger partial charge in [0.05, 0.1) is 7.11 Å². The molecule has 17 heavy (non-hydrogen) atoms. The molecule has 0 spiro atoms. The average molecular weight is 249 g/mol. The van der Waals surface area contributed by atoms with Crippen LogP contribution in [-0.2, 0) is 0 Å². The van der Waals surface area contributed by atoms with Gasteiger partial charge in [0, 0.05) is 4.92 Å². The maximum absolute atomic E-state index is 12.6. The van der Waals surface area contributed by atoms with E-state index in [1.165, 1.54) is 31.4 Å². The molecule has 1 atom stereocenters. The van der Waals surface area contributed by atoms with Crippen LogP contribution >= 0.6 is 0 Å². The molecular weight excluding hydrogens is 239 g/mol. The summed E-state index contributed by atoms with van der Waals surface area (Å²) in [5.74, 6) is -1.70. The van der Waals surface area contributed by atoms with E-state index in [4.69, 9.17) is 4.74 Å².